The molecule has 0 bridgehead atoms. The third-order valence-electron chi connectivity index (χ3n) is 4.98. The van der Waals surface area contributed by atoms with E-state index in [0.29, 0.717) is 22.7 Å². The van der Waals surface area contributed by atoms with E-state index in [4.69, 9.17) is 16.3 Å². The summed E-state index contributed by atoms with van der Waals surface area (Å²) in [6.45, 7) is 2.10. The van der Waals surface area contributed by atoms with Gasteiger partial charge in [-0.3, -0.25) is 4.79 Å². The number of para-hydroxylation sites is 2. The molecule has 0 spiro atoms. The van der Waals surface area contributed by atoms with Crippen molar-refractivity contribution in [2.75, 3.05) is 11.9 Å². The highest BCUT2D eigenvalue weighted by Crippen LogP contribution is 2.36. The SMILES string of the molecule is CC(=O)NC1CCOc2ccc(-c3csc(Nc4nc5ccccc5nc4Cl)n3)cc21. The second-order valence-electron chi connectivity index (χ2n) is 7.16. The summed E-state index contributed by atoms with van der Waals surface area (Å²) in [5, 5.41) is 9.08. The highest BCUT2D eigenvalue weighted by Gasteiger charge is 2.23. The number of nitrogens with one attached hydrogen (secondary N) is 2. The Balaban J connectivity index is 1.42. The topological polar surface area (TPSA) is 89.0 Å². The third kappa shape index (κ3) is 4.04. The number of fused-ring (bicyclic) bond motifs is 2. The Bertz CT molecular complexity index is 1290. The highest BCUT2D eigenvalue weighted by molar-refractivity contribution is 7.14. The molecule has 1 unspecified atom stereocenters. The number of anilines is 2. The van der Waals surface area contributed by atoms with E-state index in [-0.39, 0.29) is 11.9 Å². The summed E-state index contributed by atoms with van der Waals surface area (Å²) in [5.41, 5.74) is 4.21. The number of ether oxygens (including phenoxy) is 1. The summed E-state index contributed by atoms with van der Waals surface area (Å²) >= 11 is 7.76. The molecule has 0 radical (unpaired) electrons. The predicted octanol–water partition coefficient (Wildman–Crippen LogP) is 5.11. The van der Waals surface area contributed by atoms with Crippen molar-refractivity contribution in [2.24, 2.45) is 0 Å². The minimum Gasteiger partial charge on any atom is -0.493 e. The van der Waals surface area contributed by atoms with Crippen LogP contribution in [0.15, 0.2) is 47.8 Å². The lowest BCUT2D eigenvalue weighted by Gasteiger charge is -2.26. The zero-order valence-electron chi connectivity index (χ0n) is 16.6. The van der Waals surface area contributed by atoms with Crippen LogP contribution in [-0.4, -0.2) is 27.5 Å². The van der Waals surface area contributed by atoms with Crippen molar-refractivity contribution in [2.45, 2.75) is 19.4 Å². The van der Waals surface area contributed by atoms with E-state index in [1.807, 2.05) is 47.8 Å². The number of amides is 1. The van der Waals surface area contributed by atoms with Gasteiger partial charge in [0.25, 0.3) is 0 Å². The molecule has 156 valence electrons. The van der Waals surface area contributed by atoms with Crippen molar-refractivity contribution in [3.8, 4) is 17.0 Å². The number of carbonyl (C=O) groups excluding carboxylic acids is 1. The van der Waals surface area contributed by atoms with Gasteiger partial charge >= 0.3 is 0 Å². The first-order chi connectivity index (χ1) is 15.1. The zero-order chi connectivity index (χ0) is 21.4. The molecule has 0 aliphatic carbocycles. The lowest BCUT2D eigenvalue weighted by Crippen LogP contribution is -2.30. The summed E-state index contributed by atoms with van der Waals surface area (Å²) in [6.07, 6.45) is 0.735. The number of nitrogens with zero attached hydrogens (tertiary/aromatic N) is 3. The molecule has 2 aromatic heterocycles. The van der Waals surface area contributed by atoms with Crippen LogP contribution >= 0.6 is 22.9 Å². The largest absolute Gasteiger partial charge is 0.493 e. The molecule has 0 saturated heterocycles. The Morgan fingerprint density at radius 3 is 2.77 bits per heavy atom. The molecule has 1 aliphatic rings. The van der Waals surface area contributed by atoms with Gasteiger partial charge in [0.1, 0.15) is 5.75 Å². The molecule has 1 amide bonds. The van der Waals surface area contributed by atoms with Gasteiger partial charge in [0.15, 0.2) is 16.1 Å². The molecule has 5 rings (SSSR count). The quantitative estimate of drug-likeness (QED) is 0.448. The number of thiazole rings is 1. The first-order valence-corrected chi connectivity index (χ1v) is 11.0. The molecule has 4 aromatic rings. The van der Waals surface area contributed by atoms with Gasteiger partial charge in [-0.15, -0.1) is 11.3 Å². The van der Waals surface area contributed by atoms with Crippen LogP contribution in [0.4, 0.5) is 10.9 Å². The van der Waals surface area contributed by atoms with Crippen molar-refractivity contribution in [3.05, 3.63) is 58.6 Å². The average molecular weight is 452 g/mol. The number of benzene rings is 2. The number of halogens is 1. The van der Waals surface area contributed by atoms with Crippen LogP contribution in [0.1, 0.15) is 24.9 Å². The van der Waals surface area contributed by atoms with E-state index in [9.17, 15) is 4.79 Å². The molecule has 2 aromatic carbocycles. The molecule has 0 saturated carbocycles. The van der Waals surface area contributed by atoms with Crippen molar-refractivity contribution >= 4 is 50.8 Å². The van der Waals surface area contributed by atoms with Crippen LogP contribution < -0.4 is 15.4 Å². The monoisotopic (exact) mass is 451 g/mol. The van der Waals surface area contributed by atoms with Crippen LogP contribution in [0.3, 0.4) is 0 Å². The molecule has 2 N–H and O–H groups in total. The van der Waals surface area contributed by atoms with E-state index < -0.39 is 0 Å². The normalized spacial score (nSPS) is 15.2. The average Bonchev–Trinajstić information content (AvgIpc) is 3.22. The van der Waals surface area contributed by atoms with Gasteiger partial charge < -0.3 is 15.4 Å². The molecule has 31 heavy (non-hydrogen) atoms. The molecule has 1 atom stereocenters. The van der Waals surface area contributed by atoms with Crippen LogP contribution in [0.5, 0.6) is 5.75 Å². The summed E-state index contributed by atoms with van der Waals surface area (Å²) in [4.78, 5) is 25.2. The Kier molecular flexibility index (Phi) is 5.17. The molecular weight excluding hydrogens is 434 g/mol. The summed E-state index contributed by atoms with van der Waals surface area (Å²) < 4.78 is 5.75. The first-order valence-electron chi connectivity index (χ1n) is 9.76. The highest BCUT2D eigenvalue weighted by atomic mass is 35.5. The lowest BCUT2D eigenvalue weighted by molar-refractivity contribution is -0.119. The smallest absolute Gasteiger partial charge is 0.217 e. The Morgan fingerprint density at radius 2 is 1.97 bits per heavy atom. The molecule has 0 fully saturated rings. The van der Waals surface area contributed by atoms with E-state index in [0.717, 1.165) is 40.0 Å². The van der Waals surface area contributed by atoms with E-state index in [1.165, 1.54) is 18.3 Å². The van der Waals surface area contributed by atoms with Gasteiger partial charge in [0.05, 0.1) is 29.4 Å². The Labute approximate surface area is 187 Å². The standard InChI is InChI=1S/C22H18ClN5O2S/c1-12(29)24-15-8-9-30-19-7-6-13(10-14(15)19)18-11-31-22(27-18)28-21-20(23)25-16-4-2-3-5-17(16)26-21/h2-7,10-11,15H,8-9H2,1H3,(H,24,29)(H,26,27,28). The Hall–Kier alpha value is -3.23. The van der Waals surface area contributed by atoms with Crippen molar-refractivity contribution in [1.82, 2.24) is 20.3 Å². The van der Waals surface area contributed by atoms with Gasteiger partial charge in [0.2, 0.25) is 5.91 Å². The van der Waals surface area contributed by atoms with Crippen LogP contribution in [0.25, 0.3) is 22.3 Å². The number of hydrogen-bond acceptors (Lipinski definition) is 7. The second-order valence-corrected chi connectivity index (χ2v) is 8.37. The maximum absolute atomic E-state index is 11.6. The van der Waals surface area contributed by atoms with Crippen molar-refractivity contribution < 1.29 is 9.53 Å². The third-order valence-corrected chi connectivity index (χ3v) is 6.00. The van der Waals surface area contributed by atoms with E-state index in [1.54, 1.807) is 0 Å². The van der Waals surface area contributed by atoms with Crippen molar-refractivity contribution in [3.63, 3.8) is 0 Å². The number of hydrogen-bond donors (Lipinski definition) is 2. The molecule has 1 aliphatic heterocycles. The minimum absolute atomic E-state index is 0.0585. The maximum atomic E-state index is 11.6. The van der Waals surface area contributed by atoms with Gasteiger partial charge in [-0.25, -0.2) is 15.0 Å². The zero-order valence-corrected chi connectivity index (χ0v) is 18.1. The summed E-state index contributed by atoms with van der Waals surface area (Å²) in [5.74, 6) is 1.20. The van der Waals surface area contributed by atoms with Crippen LogP contribution in [0.2, 0.25) is 5.15 Å². The molecular formula is C22H18ClN5O2S. The van der Waals surface area contributed by atoms with Crippen molar-refractivity contribution in [1.29, 1.82) is 0 Å². The molecule has 3 heterocycles. The fraction of sp³-hybridized carbons (Fsp3) is 0.182. The van der Waals surface area contributed by atoms with Crippen LogP contribution in [-0.2, 0) is 4.79 Å². The molecule has 7 nitrogen and oxygen atoms in total. The number of rotatable bonds is 4. The van der Waals surface area contributed by atoms with Gasteiger partial charge in [0, 0.05) is 29.9 Å². The minimum atomic E-state index is -0.0656. The Morgan fingerprint density at radius 1 is 1.16 bits per heavy atom. The van der Waals surface area contributed by atoms with E-state index >= 15 is 0 Å². The van der Waals surface area contributed by atoms with Gasteiger partial charge in [-0.2, -0.15) is 0 Å². The fourth-order valence-electron chi connectivity index (χ4n) is 3.57. The summed E-state index contributed by atoms with van der Waals surface area (Å²) in [7, 11) is 0. The molecule has 9 heteroatoms. The maximum Gasteiger partial charge on any atom is 0.217 e. The van der Waals surface area contributed by atoms with E-state index in [2.05, 4.69) is 25.6 Å². The second kappa shape index (κ2) is 8.13. The number of aromatic nitrogens is 3. The lowest BCUT2D eigenvalue weighted by atomic mass is 9.97. The van der Waals surface area contributed by atoms with Gasteiger partial charge in [-0.1, -0.05) is 23.7 Å². The fourth-order valence-corrected chi connectivity index (χ4v) is 4.47. The number of carbonyl (C=O) groups is 1. The predicted molar refractivity (Wildman–Crippen MR) is 122 cm³/mol. The summed E-state index contributed by atoms with van der Waals surface area (Å²) in [6, 6.07) is 13.4. The van der Waals surface area contributed by atoms with Gasteiger partial charge in [-0.05, 0) is 30.3 Å². The first kappa shape index (κ1) is 19.7. The van der Waals surface area contributed by atoms with Crippen LogP contribution in [0, 0.1) is 0 Å².